The third kappa shape index (κ3) is 6.81. The summed E-state index contributed by atoms with van der Waals surface area (Å²) in [5.41, 5.74) is 2.51. The zero-order chi connectivity index (χ0) is 22.6. The minimum absolute atomic E-state index is 0.0199. The number of nitrogens with zero attached hydrogens (tertiary/aromatic N) is 1. The van der Waals surface area contributed by atoms with Gasteiger partial charge >= 0.3 is 0 Å². The molecule has 3 aromatic rings. The summed E-state index contributed by atoms with van der Waals surface area (Å²) in [6.45, 7) is 0.263. The van der Waals surface area contributed by atoms with Gasteiger partial charge < -0.3 is 4.74 Å². The summed E-state index contributed by atoms with van der Waals surface area (Å²) in [6.07, 6.45) is 1.76. The molecule has 0 N–H and O–H groups in total. The van der Waals surface area contributed by atoms with Crippen molar-refractivity contribution in [3.05, 3.63) is 117 Å². The molecule has 0 aliphatic heterocycles. The molecule has 5 nitrogen and oxygen atoms in total. The summed E-state index contributed by atoms with van der Waals surface area (Å²) < 4.78 is 5.41. The average molecular weight is 421 g/mol. The first kappa shape index (κ1) is 22.2. The first-order valence-electron chi connectivity index (χ1n) is 9.80. The highest BCUT2D eigenvalue weighted by Crippen LogP contribution is 2.13. The van der Waals surface area contributed by atoms with Gasteiger partial charge in [0.05, 0.1) is 10.5 Å². The topological polar surface area (TPSA) is 69.4 Å². The second kappa shape index (κ2) is 11.7. The molecule has 0 spiro atoms. The number of allylic oxidation sites excluding steroid dienone is 1. The van der Waals surface area contributed by atoms with Crippen molar-refractivity contribution in [2.45, 2.75) is 0 Å². The summed E-state index contributed by atoms with van der Waals surface area (Å²) >= 11 is 0. The fourth-order valence-electron chi connectivity index (χ4n) is 2.71. The van der Waals surface area contributed by atoms with Crippen LogP contribution in [0.2, 0.25) is 0 Å². The molecule has 0 aromatic heterocycles. The molecule has 156 valence electrons. The minimum Gasteiger partial charge on any atom is -0.356 e. The average Bonchev–Trinajstić information content (AvgIpc) is 2.83. The van der Waals surface area contributed by atoms with Gasteiger partial charge in [0.15, 0.2) is 0 Å². The van der Waals surface area contributed by atoms with Crippen LogP contribution >= 0.6 is 0 Å². The minimum atomic E-state index is -0.456. The van der Waals surface area contributed by atoms with Crippen LogP contribution < -0.4 is 0 Å². The number of ketones is 1. The quantitative estimate of drug-likeness (QED) is 0.141. The van der Waals surface area contributed by atoms with Gasteiger partial charge in [-0.25, -0.2) is 0 Å². The number of hydrogen-bond acceptors (Lipinski definition) is 4. The van der Waals surface area contributed by atoms with Crippen molar-refractivity contribution < 1.29 is 14.5 Å². The van der Waals surface area contributed by atoms with E-state index in [0.29, 0.717) is 16.7 Å². The van der Waals surface area contributed by atoms with Crippen LogP contribution in [0.1, 0.15) is 21.5 Å². The summed E-state index contributed by atoms with van der Waals surface area (Å²) in [7, 11) is 0. The monoisotopic (exact) mass is 421 g/mol. The Hall–Kier alpha value is -4.45. The van der Waals surface area contributed by atoms with E-state index < -0.39 is 4.92 Å². The van der Waals surface area contributed by atoms with Crippen molar-refractivity contribution >= 4 is 17.5 Å². The smallest absolute Gasteiger partial charge is 0.269 e. The van der Waals surface area contributed by atoms with E-state index in [1.165, 1.54) is 12.1 Å². The highest BCUT2D eigenvalue weighted by molar-refractivity contribution is 6.14. The maximum atomic E-state index is 12.9. The summed E-state index contributed by atoms with van der Waals surface area (Å²) in [6, 6.07) is 24.5. The van der Waals surface area contributed by atoms with Crippen molar-refractivity contribution in [1.82, 2.24) is 0 Å². The second-order valence-corrected chi connectivity index (χ2v) is 6.56. The van der Waals surface area contributed by atoms with E-state index >= 15 is 0 Å². The highest BCUT2D eigenvalue weighted by Gasteiger charge is 2.10. The number of rotatable bonds is 6. The predicted octanol–water partition coefficient (Wildman–Crippen LogP) is 4.93. The van der Waals surface area contributed by atoms with Gasteiger partial charge in [-0.15, -0.1) is 0 Å². The predicted molar refractivity (Wildman–Crippen MR) is 124 cm³/mol. The number of non-ortho nitro benzene ring substituents is 1. The van der Waals surface area contributed by atoms with Crippen LogP contribution in [0.25, 0.3) is 6.08 Å². The number of nitro groups is 1. The first-order chi connectivity index (χ1) is 15.6. The van der Waals surface area contributed by atoms with Crippen LogP contribution in [-0.2, 0) is 4.74 Å². The lowest BCUT2D eigenvalue weighted by Crippen LogP contribution is -2.02. The lowest BCUT2D eigenvalue weighted by molar-refractivity contribution is -0.384. The standard InChI is InChI=1S/C27H19NO4/c29-27(24-12-5-2-6-13-24)25(21-23-9-3-1-4-10-23)14-8-20-32-19-7-11-22-15-17-26(18-16-22)28(30)31/h1-6,9-10,12-13,15-18,21H,19-20H2/b25-21+. The number of Topliss-reactive ketones (excluding diaryl/α,β-unsaturated/α-hetero) is 1. The molecule has 3 aromatic carbocycles. The van der Waals surface area contributed by atoms with Gasteiger partial charge in [-0.3, -0.25) is 14.9 Å². The van der Waals surface area contributed by atoms with Crippen LogP contribution in [-0.4, -0.2) is 23.9 Å². The Morgan fingerprint density at radius 3 is 2.16 bits per heavy atom. The maximum Gasteiger partial charge on any atom is 0.269 e. The summed E-state index contributed by atoms with van der Waals surface area (Å²) in [4.78, 5) is 23.1. The van der Waals surface area contributed by atoms with E-state index in [-0.39, 0.29) is 24.7 Å². The molecule has 0 radical (unpaired) electrons. The van der Waals surface area contributed by atoms with Crippen LogP contribution in [0, 0.1) is 33.8 Å². The highest BCUT2D eigenvalue weighted by atomic mass is 16.6. The number of carbonyl (C=O) groups is 1. The maximum absolute atomic E-state index is 12.9. The van der Waals surface area contributed by atoms with Gasteiger partial charge in [0.1, 0.15) is 13.2 Å². The van der Waals surface area contributed by atoms with Crippen LogP contribution in [0.5, 0.6) is 0 Å². The number of carbonyl (C=O) groups excluding carboxylic acids is 1. The fraction of sp³-hybridized carbons (Fsp3) is 0.0741. The third-order valence-electron chi connectivity index (χ3n) is 4.27. The summed E-state index contributed by atoms with van der Waals surface area (Å²) in [5, 5.41) is 10.7. The molecule has 0 unspecified atom stereocenters. The van der Waals surface area contributed by atoms with Crippen molar-refractivity contribution in [2.75, 3.05) is 13.2 Å². The van der Waals surface area contributed by atoms with Crippen molar-refractivity contribution in [3.63, 3.8) is 0 Å². The molecule has 0 amide bonds. The zero-order valence-electron chi connectivity index (χ0n) is 17.2. The zero-order valence-corrected chi connectivity index (χ0v) is 17.2. The van der Waals surface area contributed by atoms with Gasteiger partial charge in [0.25, 0.3) is 5.69 Å². The molecular weight excluding hydrogens is 402 g/mol. The molecule has 0 bridgehead atoms. The SMILES string of the molecule is O=C(/C(C#CCOCC#Cc1ccc([N+](=O)[O-])cc1)=C/c1ccccc1)c1ccccc1. The fourth-order valence-corrected chi connectivity index (χ4v) is 2.71. The van der Waals surface area contributed by atoms with E-state index in [4.69, 9.17) is 4.74 Å². The molecular formula is C27H19NO4. The molecule has 0 fully saturated rings. The molecule has 32 heavy (non-hydrogen) atoms. The van der Waals surface area contributed by atoms with Crippen molar-refractivity contribution in [2.24, 2.45) is 0 Å². The third-order valence-corrected chi connectivity index (χ3v) is 4.27. The second-order valence-electron chi connectivity index (χ2n) is 6.56. The molecule has 0 aliphatic rings. The lowest BCUT2D eigenvalue weighted by atomic mass is 10.0. The Morgan fingerprint density at radius 2 is 1.50 bits per heavy atom. The molecule has 0 atom stereocenters. The Morgan fingerprint density at radius 1 is 0.875 bits per heavy atom. The van der Waals surface area contributed by atoms with Crippen LogP contribution in [0.4, 0.5) is 5.69 Å². The van der Waals surface area contributed by atoms with Gasteiger partial charge in [-0.1, -0.05) is 84.3 Å². The Kier molecular flexibility index (Phi) is 8.11. The normalized spacial score (nSPS) is 10.3. The Labute approximate surface area is 186 Å². The molecule has 0 aliphatic carbocycles. The Bertz CT molecular complexity index is 1220. The van der Waals surface area contributed by atoms with Crippen molar-refractivity contribution in [3.8, 4) is 23.7 Å². The van der Waals surface area contributed by atoms with Gasteiger partial charge in [0, 0.05) is 23.3 Å². The van der Waals surface area contributed by atoms with Crippen LogP contribution in [0.15, 0.2) is 90.5 Å². The van der Waals surface area contributed by atoms with Crippen LogP contribution in [0.3, 0.4) is 0 Å². The van der Waals surface area contributed by atoms with E-state index in [2.05, 4.69) is 23.7 Å². The van der Waals surface area contributed by atoms with E-state index in [1.54, 1.807) is 30.3 Å². The summed E-state index contributed by atoms with van der Waals surface area (Å²) in [5.74, 6) is 11.3. The first-order valence-corrected chi connectivity index (χ1v) is 9.80. The van der Waals surface area contributed by atoms with E-state index in [9.17, 15) is 14.9 Å². The number of ether oxygens (including phenoxy) is 1. The van der Waals surface area contributed by atoms with Gasteiger partial charge in [0.2, 0.25) is 5.78 Å². The van der Waals surface area contributed by atoms with Gasteiger partial charge in [-0.2, -0.15) is 0 Å². The molecule has 3 rings (SSSR count). The molecule has 0 saturated heterocycles. The Balaban J connectivity index is 1.62. The van der Waals surface area contributed by atoms with E-state index in [0.717, 1.165) is 5.56 Å². The molecule has 5 heteroatoms. The number of benzene rings is 3. The molecule has 0 heterocycles. The van der Waals surface area contributed by atoms with Crippen molar-refractivity contribution in [1.29, 1.82) is 0 Å². The number of nitro benzene ring substituents is 1. The largest absolute Gasteiger partial charge is 0.356 e. The number of hydrogen-bond donors (Lipinski definition) is 0. The lowest BCUT2D eigenvalue weighted by Gasteiger charge is -2.01. The molecule has 0 saturated carbocycles. The van der Waals surface area contributed by atoms with Gasteiger partial charge in [-0.05, 0) is 23.8 Å². The van der Waals surface area contributed by atoms with E-state index in [1.807, 2.05) is 48.5 Å².